The zero-order chi connectivity index (χ0) is 53.0. The van der Waals surface area contributed by atoms with E-state index in [1.807, 2.05) is 94.4 Å². The molecule has 8 N–H and O–H groups in total. The smallest absolute Gasteiger partial charge is 0.203 e. The lowest BCUT2D eigenvalue weighted by atomic mass is 9.91. The molecular formula is C59H64Cl2O11. The minimum Gasteiger partial charge on any atom is -0.508 e. The molecule has 380 valence electrons. The van der Waals surface area contributed by atoms with Crippen LogP contribution in [-0.4, -0.2) is 60.7 Å². The van der Waals surface area contributed by atoms with E-state index in [1.165, 1.54) is 50.3 Å². The van der Waals surface area contributed by atoms with Crippen molar-refractivity contribution in [2.24, 2.45) is 0 Å². The summed E-state index contributed by atoms with van der Waals surface area (Å²) < 4.78 is 15.4. The number of para-hydroxylation sites is 3. The molecule has 0 bridgehead atoms. The fourth-order valence-electron chi connectivity index (χ4n) is 7.31. The third kappa shape index (κ3) is 16.8. The van der Waals surface area contributed by atoms with Crippen LogP contribution in [0.1, 0.15) is 60.1 Å². The van der Waals surface area contributed by atoms with Crippen LogP contribution >= 0.6 is 23.2 Å². The Morgan fingerprint density at radius 1 is 0.486 bits per heavy atom. The first-order chi connectivity index (χ1) is 34.3. The number of methoxy groups -OCH3 is 2. The van der Waals surface area contributed by atoms with E-state index in [1.54, 1.807) is 73.7 Å². The van der Waals surface area contributed by atoms with Crippen molar-refractivity contribution >= 4 is 34.0 Å². The van der Waals surface area contributed by atoms with E-state index in [4.69, 9.17) is 57.8 Å². The van der Waals surface area contributed by atoms with Gasteiger partial charge in [0.25, 0.3) is 0 Å². The van der Waals surface area contributed by atoms with Gasteiger partial charge in [0.2, 0.25) is 5.75 Å². The van der Waals surface area contributed by atoms with Crippen LogP contribution in [0.5, 0.6) is 63.2 Å². The number of aromatic hydroxyl groups is 8. The number of phenolic OH excluding ortho intramolecular Hbond substituents is 8. The maximum absolute atomic E-state index is 9.46. The second kappa shape index (κ2) is 27.7. The van der Waals surface area contributed by atoms with E-state index in [-0.39, 0.29) is 39.4 Å². The zero-order valence-corrected chi connectivity index (χ0v) is 43.0. The Kier molecular flexibility index (Phi) is 21.9. The molecule has 0 amide bonds. The number of hydrogen-bond acceptors (Lipinski definition) is 11. The van der Waals surface area contributed by atoms with Gasteiger partial charge in [0.1, 0.15) is 33.6 Å². The second-order valence-electron chi connectivity index (χ2n) is 17.2. The highest BCUT2D eigenvalue weighted by atomic mass is 35.5. The summed E-state index contributed by atoms with van der Waals surface area (Å²) in [6.07, 6.45) is 5.57. The highest BCUT2D eigenvalue weighted by Crippen LogP contribution is 2.41. The molecule has 0 unspecified atom stereocenters. The summed E-state index contributed by atoms with van der Waals surface area (Å²) in [6, 6.07) is 44.7. The topological polar surface area (TPSA) is 190 Å². The molecule has 13 heteroatoms. The first-order valence-electron chi connectivity index (χ1n) is 23.0. The Morgan fingerprint density at radius 2 is 1.01 bits per heavy atom. The van der Waals surface area contributed by atoms with Gasteiger partial charge in [0.15, 0.2) is 34.5 Å². The van der Waals surface area contributed by atoms with Gasteiger partial charge in [-0.05, 0) is 148 Å². The van der Waals surface area contributed by atoms with Crippen LogP contribution < -0.4 is 14.2 Å². The third-order valence-corrected chi connectivity index (χ3v) is 12.1. The average Bonchev–Trinajstić information content (AvgIpc) is 3.70. The van der Waals surface area contributed by atoms with Crippen molar-refractivity contribution in [3.63, 3.8) is 0 Å². The van der Waals surface area contributed by atoms with E-state index in [0.717, 1.165) is 46.7 Å². The zero-order valence-electron chi connectivity index (χ0n) is 41.5. The van der Waals surface area contributed by atoms with Gasteiger partial charge in [0, 0.05) is 17.4 Å². The van der Waals surface area contributed by atoms with Crippen molar-refractivity contribution in [1.82, 2.24) is 0 Å². The molecule has 10 rings (SSSR count). The van der Waals surface area contributed by atoms with Crippen molar-refractivity contribution in [2.75, 3.05) is 14.2 Å². The van der Waals surface area contributed by atoms with E-state index in [2.05, 4.69) is 6.07 Å². The fraction of sp³-hybridized carbons (Fsp3) is 0.220. The number of fused-ring (bicyclic) bond motifs is 3. The number of halogens is 2. The molecule has 8 aromatic rings. The molecule has 1 aliphatic heterocycles. The molecule has 0 aromatic heterocycles. The number of hydrogen-bond donors (Lipinski definition) is 8. The molecular weight excluding hydrogens is 956 g/mol. The van der Waals surface area contributed by atoms with Crippen molar-refractivity contribution in [2.45, 2.75) is 72.3 Å². The molecule has 11 nitrogen and oxygen atoms in total. The van der Waals surface area contributed by atoms with Crippen LogP contribution in [0.4, 0.5) is 0 Å². The van der Waals surface area contributed by atoms with E-state index in [0.29, 0.717) is 45.1 Å². The predicted octanol–water partition coefficient (Wildman–Crippen LogP) is 14.4. The highest BCUT2D eigenvalue weighted by Gasteiger charge is 2.31. The minimum atomic E-state index is -0.166. The van der Waals surface area contributed by atoms with Crippen LogP contribution in [0.2, 0.25) is 10.0 Å². The summed E-state index contributed by atoms with van der Waals surface area (Å²) in [6.45, 7) is 9.66. The first kappa shape index (κ1) is 57.0. The van der Waals surface area contributed by atoms with Crippen molar-refractivity contribution in [1.29, 1.82) is 0 Å². The normalized spacial score (nSPS) is 12.1. The number of rotatable bonds is 2. The predicted molar refractivity (Wildman–Crippen MR) is 288 cm³/mol. The number of ether oxygens (including phenoxy) is 3. The van der Waals surface area contributed by atoms with Crippen LogP contribution in [0.25, 0.3) is 10.8 Å². The van der Waals surface area contributed by atoms with E-state index in [9.17, 15) is 20.4 Å². The van der Waals surface area contributed by atoms with Crippen LogP contribution in [0, 0.1) is 20.8 Å². The Labute approximate surface area is 432 Å². The van der Waals surface area contributed by atoms with E-state index < -0.39 is 0 Å². The minimum absolute atomic E-state index is 0.0177. The quantitative estimate of drug-likeness (QED) is 0.0770. The van der Waals surface area contributed by atoms with Crippen molar-refractivity contribution in [3.8, 4) is 63.2 Å². The molecule has 0 spiro atoms. The number of aryl methyl sites for hydroxylation is 3. The molecule has 0 saturated carbocycles. The van der Waals surface area contributed by atoms with Gasteiger partial charge in [-0.1, -0.05) is 120 Å². The molecule has 0 atom stereocenters. The molecule has 2 aliphatic rings. The number of benzene rings is 8. The standard InChI is InChI=1S/C10H12O2.C10H12O.C10H8O.C8H10O3.C8H10O.C7H8O2.C6H4Cl2O/c1-10(2)6-7-4-3-5-8(11)9(7)12-10;2*11-10-7-3-5-8-4-1-2-6-9(8)10;1-10-7-5-3-4-6(9)8(7)11-2;1-6-4-3-5-8(9)7(6)2;1-5-3-2-4-6(8)7(5)9;7-4-2-1-3-5(9)6(4)8/h3-5,11H,6H2,1-2H3;3,5,7,11H,1-2,4,6H2;1-7,11H;3-5,9H,1-2H3;3-5,9H,1-2H3;2-4,8-9H,1H3;1-3,9H. The highest BCUT2D eigenvalue weighted by molar-refractivity contribution is 6.42. The first-order valence-corrected chi connectivity index (χ1v) is 23.8. The molecule has 72 heavy (non-hydrogen) atoms. The molecule has 0 fully saturated rings. The molecule has 0 saturated heterocycles. The Balaban J connectivity index is 0.000000183. The van der Waals surface area contributed by atoms with Gasteiger partial charge < -0.3 is 55.1 Å². The summed E-state index contributed by atoms with van der Waals surface area (Å²) in [7, 11) is 3.01. The Morgan fingerprint density at radius 3 is 1.58 bits per heavy atom. The van der Waals surface area contributed by atoms with Crippen LogP contribution in [0.15, 0.2) is 152 Å². The van der Waals surface area contributed by atoms with E-state index >= 15 is 0 Å². The lowest BCUT2D eigenvalue weighted by molar-refractivity contribution is 0.134. The summed E-state index contributed by atoms with van der Waals surface area (Å²) in [5.74, 6) is 3.05. The van der Waals surface area contributed by atoms with Crippen LogP contribution in [0.3, 0.4) is 0 Å². The van der Waals surface area contributed by atoms with Crippen LogP contribution in [-0.2, 0) is 19.3 Å². The van der Waals surface area contributed by atoms with Crippen molar-refractivity contribution < 1.29 is 55.1 Å². The average molecular weight is 1020 g/mol. The van der Waals surface area contributed by atoms with Gasteiger partial charge in [0.05, 0.1) is 19.2 Å². The second-order valence-corrected chi connectivity index (χ2v) is 18.0. The van der Waals surface area contributed by atoms with Gasteiger partial charge in [-0.3, -0.25) is 0 Å². The fourth-order valence-corrected chi connectivity index (χ4v) is 7.61. The van der Waals surface area contributed by atoms with Crippen molar-refractivity contribution in [3.05, 3.63) is 195 Å². The summed E-state index contributed by atoms with van der Waals surface area (Å²) >= 11 is 11.0. The largest absolute Gasteiger partial charge is 0.508 e. The van der Waals surface area contributed by atoms with Gasteiger partial charge in [-0.2, -0.15) is 0 Å². The summed E-state index contributed by atoms with van der Waals surface area (Å²) in [5, 5.41) is 75.8. The Bertz CT molecular complexity index is 2770. The monoisotopic (exact) mass is 1020 g/mol. The van der Waals surface area contributed by atoms with Gasteiger partial charge >= 0.3 is 0 Å². The lowest BCUT2D eigenvalue weighted by Gasteiger charge is -2.16. The Hall–Kier alpha value is -7.60. The third-order valence-electron chi connectivity index (χ3n) is 11.3. The SMILES string of the molecule is CC1(C)Cc2cccc(O)c2O1.COc1cccc(O)c1OC.Cc1cccc(O)c1C.Cc1cccc(O)c1O.Oc1cccc(Cl)c1Cl.Oc1cccc2c1CCCC2.Oc1cccc2ccccc12. The summed E-state index contributed by atoms with van der Waals surface area (Å²) in [5.41, 5.74) is 6.25. The molecule has 1 heterocycles. The maximum atomic E-state index is 9.46. The molecule has 0 radical (unpaired) electrons. The number of phenols is 8. The lowest BCUT2D eigenvalue weighted by Crippen LogP contribution is -2.24. The molecule has 8 aromatic carbocycles. The van der Waals surface area contributed by atoms with Gasteiger partial charge in [-0.25, -0.2) is 0 Å². The summed E-state index contributed by atoms with van der Waals surface area (Å²) in [4.78, 5) is 0. The molecule has 1 aliphatic carbocycles. The maximum Gasteiger partial charge on any atom is 0.203 e. The van der Waals surface area contributed by atoms with Gasteiger partial charge in [-0.15, -0.1) is 0 Å².